The van der Waals surface area contributed by atoms with Crippen LogP contribution in [0.5, 0.6) is 0 Å². The van der Waals surface area contributed by atoms with Gasteiger partial charge in [-0.3, -0.25) is 4.98 Å². The molecule has 0 radical (unpaired) electrons. The van der Waals surface area contributed by atoms with Crippen LogP contribution in [0.2, 0.25) is 0 Å². The number of fused-ring (bicyclic) bond motifs is 1. The van der Waals surface area contributed by atoms with E-state index in [1.54, 1.807) is 0 Å². The zero-order chi connectivity index (χ0) is 22.1. The Labute approximate surface area is 195 Å². The van der Waals surface area contributed by atoms with Crippen LogP contribution in [0.4, 0.5) is 14.5 Å². The van der Waals surface area contributed by atoms with Crippen molar-refractivity contribution in [3.05, 3.63) is 108 Å². The first-order valence-electron chi connectivity index (χ1n) is 9.72. The summed E-state index contributed by atoms with van der Waals surface area (Å²) >= 11 is 0. The third-order valence-corrected chi connectivity index (χ3v) is 5.19. The summed E-state index contributed by atoms with van der Waals surface area (Å²) in [4.78, 5) is 8.87. The minimum Gasteiger partial charge on any atom is -0.473 e. The number of aromatic nitrogens is 1. The minimum absolute atomic E-state index is 0. The molecule has 0 saturated carbocycles. The van der Waals surface area contributed by atoms with Crippen LogP contribution in [0.15, 0.2) is 77.2 Å². The number of aliphatic imine (C=N–C) groups is 1. The van der Waals surface area contributed by atoms with E-state index in [1.807, 2.05) is 50.4 Å². The molecule has 4 nitrogen and oxygen atoms in total. The molecule has 0 spiro atoms. The number of benzene rings is 2. The van der Waals surface area contributed by atoms with Crippen LogP contribution in [0, 0.1) is 25.5 Å². The van der Waals surface area contributed by atoms with Crippen LogP contribution in [-0.2, 0) is 16.5 Å². The molecule has 0 atom stereocenters. The van der Waals surface area contributed by atoms with E-state index < -0.39 is 11.6 Å². The summed E-state index contributed by atoms with van der Waals surface area (Å²) in [6.07, 6.45) is 3.28. The fourth-order valence-corrected chi connectivity index (χ4v) is 3.48. The molecule has 0 aliphatic carbocycles. The number of halogens is 2. The summed E-state index contributed by atoms with van der Waals surface area (Å²) in [6.45, 7) is 7.52. The Morgan fingerprint density at radius 2 is 1.72 bits per heavy atom. The first-order chi connectivity index (χ1) is 14.9. The molecule has 0 amide bonds. The maximum Gasteiger partial charge on any atom is 0.142 e. The molecule has 2 aromatic carbocycles. The van der Waals surface area contributed by atoms with Gasteiger partial charge in [0.1, 0.15) is 17.5 Å². The number of nitrogens with one attached hydrogen (secondary N) is 1. The molecule has 7 heteroatoms. The number of rotatable bonds is 3. The summed E-state index contributed by atoms with van der Waals surface area (Å²) in [5, 5.41) is 3.09. The Morgan fingerprint density at radius 3 is 2.34 bits per heavy atom. The van der Waals surface area contributed by atoms with Crippen LogP contribution < -0.4 is 11.1 Å². The molecule has 4 rings (SSSR count). The van der Waals surface area contributed by atoms with Gasteiger partial charge >= 0.3 is 0 Å². The molecule has 0 saturated heterocycles. The first-order valence-corrected chi connectivity index (χ1v) is 9.72. The Balaban J connectivity index is 0.00000289. The molecule has 1 aromatic heterocycles. The van der Waals surface area contributed by atoms with Gasteiger partial charge in [-0.25, -0.2) is 26.8 Å². The van der Waals surface area contributed by atoms with E-state index in [0.717, 1.165) is 28.0 Å². The number of pyridine rings is 1. The second-order valence-electron chi connectivity index (χ2n) is 7.26. The van der Waals surface area contributed by atoms with E-state index in [9.17, 15) is 8.78 Å². The van der Waals surface area contributed by atoms with E-state index in [2.05, 4.69) is 22.2 Å². The van der Waals surface area contributed by atoms with Crippen molar-refractivity contribution in [1.82, 2.24) is 4.98 Å². The second-order valence-corrected chi connectivity index (χ2v) is 7.26. The van der Waals surface area contributed by atoms with Crippen LogP contribution in [0.25, 0.3) is 16.7 Å². The standard InChI is InChI=1S/C25H21F2N4.Ni/c1-4-21(28)24-15(3)18-12-16(17-9-8-14(2)29-13-17)10-11-22(18)30-25(31-24)23-19(26)6-5-7-20(23)27;/h4-13H,1,28H2,2-3H3,(H,30,31);/q-1;/b21-4+;. The zero-order valence-corrected chi connectivity index (χ0v) is 18.5. The average Bonchev–Trinajstić information content (AvgIpc) is 2.90. The van der Waals surface area contributed by atoms with Gasteiger partial charge < -0.3 is 11.1 Å². The molecule has 1 aliphatic heterocycles. The maximum atomic E-state index is 14.5. The number of nitrogens with two attached hydrogens (primary N) is 1. The van der Waals surface area contributed by atoms with E-state index in [4.69, 9.17) is 5.73 Å². The van der Waals surface area contributed by atoms with E-state index in [1.165, 1.54) is 24.3 Å². The van der Waals surface area contributed by atoms with Crippen LogP contribution in [0.1, 0.15) is 23.7 Å². The topological polar surface area (TPSA) is 63.3 Å². The van der Waals surface area contributed by atoms with Crippen molar-refractivity contribution in [2.24, 2.45) is 10.7 Å². The number of nitrogens with zero attached hydrogens (tertiary/aromatic N) is 2. The van der Waals surface area contributed by atoms with Gasteiger partial charge in [-0.1, -0.05) is 23.9 Å². The Morgan fingerprint density at radius 1 is 1.03 bits per heavy atom. The average molecular weight is 474 g/mol. The van der Waals surface area contributed by atoms with Crippen LogP contribution >= 0.6 is 0 Å². The van der Waals surface area contributed by atoms with Crippen LogP contribution in [-0.4, -0.2) is 10.8 Å². The summed E-state index contributed by atoms with van der Waals surface area (Å²) < 4.78 is 29.1. The fraction of sp³-hybridized carbons (Fsp3) is 0.0800. The number of hydrogen-bond acceptors (Lipinski definition) is 4. The maximum absolute atomic E-state index is 14.5. The van der Waals surface area contributed by atoms with Crippen molar-refractivity contribution < 1.29 is 25.3 Å². The zero-order valence-electron chi connectivity index (χ0n) is 17.5. The Hall–Kier alpha value is -3.44. The molecule has 0 fully saturated rings. The van der Waals surface area contributed by atoms with Crippen molar-refractivity contribution in [2.75, 3.05) is 5.32 Å². The molecule has 166 valence electrons. The molecule has 0 unspecified atom stereocenters. The minimum atomic E-state index is -0.716. The van der Waals surface area contributed by atoms with Crippen molar-refractivity contribution in [2.45, 2.75) is 13.8 Å². The molecule has 2 heterocycles. The van der Waals surface area contributed by atoms with Gasteiger partial charge in [0.15, 0.2) is 0 Å². The van der Waals surface area contributed by atoms with Gasteiger partial charge in [0.25, 0.3) is 0 Å². The molecular weight excluding hydrogens is 453 g/mol. The molecular formula is C25H21F2N4Ni-. The summed E-state index contributed by atoms with van der Waals surface area (Å²) in [6, 6.07) is 13.4. The van der Waals surface area contributed by atoms with E-state index >= 15 is 0 Å². The normalized spacial score (nSPS) is 13.5. The Bertz CT molecular complexity index is 1240. The molecule has 32 heavy (non-hydrogen) atoms. The largest absolute Gasteiger partial charge is 0.473 e. The second kappa shape index (κ2) is 9.37. The summed E-state index contributed by atoms with van der Waals surface area (Å²) in [5.41, 5.74) is 11.7. The molecule has 0 bridgehead atoms. The number of hydrogen-bond donors (Lipinski definition) is 2. The van der Waals surface area contributed by atoms with Gasteiger partial charge in [-0.15, -0.1) is 0 Å². The van der Waals surface area contributed by atoms with Crippen molar-refractivity contribution >= 4 is 17.1 Å². The monoisotopic (exact) mass is 473 g/mol. The van der Waals surface area contributed by atoms with Crippen molar-refractivity contribution in [3.8, 4) is 11.1 Å². The molecule has 1 aliphatic rings. The number of allylic oxidation sites excluding steroid dienone is 2. The first kappa shape index (κ1) is 23.2. The summed E-state index contributed by atoms with van der Waals surface area (Å²) in [5.74, 6) is -1.39. The predicted molar refractivity (Wildman–Crippen MR) is 121 cm³/mol. The summed E-state index contributed by atoms with van der Waals surface area (Å²) in [7, 11) is 0. The molecule has 3 N–H and O–H groups in total. The van der Waals surface area contributed by atoms with Gasteiger partial charge in [0.05, 0.1) is 5.56 Å². The van der Waals surface area contributed by atoms with E-state index in [0.29, 0.717) is 17.1 Å². The molecule has 3 aromatic rings. The Kier molecular flexibility index (Phi) is 6.80. The predicted octanol–water partition coefficient (Wildman–Crippen LogP) is 5.61. The number of anilines is 1. The number of aryl methyl sites for hydroxylation is 1. The third-order valence-electron chi connectivity index (χ3n) is 5.19. The van der Waals surface area contributed by atoms with Gasteiger partial charge in [-0.05, 0) is 55.3 Å². The smallest absolute Gasteiger partial charge is 0.142 e. The van der Waals surface area contributed by atoms with Gasteiger partial charge in [0, 0.05) is 50.9 Å². The van der Waals surface area contributed by atoms with Gasteiger partial charge in [-0.2, -0.15) is 0 Å². The van der Waals surface area contributed by atoms with Crippen LogP contribution in [0.3, 0.4) is 0 Å². The van der Waals surface area contributed by atoms with Gasteiger partial charge in [0.2, 0.25) is 0 Å². The van der Waals surface area contributed by atoms with Crippen molar-refractivity contribution in [3.63, 3.8) is 0 Å². The number of amidine groups is 1. The van der Waals surface area contributed by atoms with Crippen molar-refractivity contribution in [1.29, 1.82) is 0 Å². The third kappa shape index (κ3) is 4.30. The SMILES string of the molecule is [CH2-]/C=C(/N)C1=C(C)c2cc(-c3ccc(C)nc3)ccc2NC(c2c(F)cccc2F)=N1.[Ni]. The fourth-order valence-electron chi connectivity index (χ4n) is 3.48. The quantitative estimate of drug-likeness (QED) is 0.383. The van der Waals surface area contributed by atoms with E-state index in [-0.39, 0.29) is 27.9 Å².